The van der Waals surface area contributed by atoms with Gasteiger partial charge in [-0.3, -0.25) is 0 Å². The molecule has 0 aromatic rings. The Kier molecular flexibility index (Phi) is 4.26. The molecule has 1 rings (SSSR count). The van der Waals surface area contributed by atoms with Gasteiger partial charge in [0.2, 0.25) is 0 Å². The first-order chi connectivity index (χ1) is 7.52. The average molecular weight is 378 g/mol. The second-order valence-electron chi connectivity index (χ2n) is 4.10. The Morgan fingerprint density at radius 3 is 1.71 bits per heavy atom. The van der Waals surface area contributed by atoms with E-state index >= 15 is 0 Å². The minimum absolute atomic E-state index is 0.245. The summed E-state index contributed by atoms with van der Waals surface area (Å²) >= 11 is 1.53. The third-order valence-electron chi connectivity index (χ3n) is 2.92. The van der Waals surface area contributed by atoms with Crippen molar-refractivity contribution in [3.63, 3.8) is 0 Å². The second kappa shape index (κ2) is 4.73. The van der Waals surface area contributed by atoms with E-state index in [9.17, 15) is 30.7 Å². The average Bonchev–Trinajstić information content (AvgIpc) is 2.16. The van der Waals surface area contributed by atoms with E-state index in [2.05, 4.69) is 0 Å². The molecule has 0 N–H and O–H groups in total. The van der Waals surface area contributed by atoms with Gasteiger partial charge in [0.25, 0.3) is 0 Å². The molecule has 0 amide bonds. The topological polar surface area (TPSA) is 0 Å². The largest absolute Gasteiger partial charge is 0.459 e. The summed E-state index contributed by atoms with van der Waals surface area (Å²) in [5, 5.41) is 0. The van der Waals surface area contributed by atoms with E-state index in [-0.39, 0.29) is 19.3 Å². The van der Waals surface area contributed by atoms with Crippen molar-refractivity contribution in [3.8, 4) is 0 Å². The zero-order valence-electron chi connectivity index (χ0n) is 8.51. The molecule has 0 spiro atoms. The highest BCUT2D eigenvalue weighted by atomic mass is 127. The van der Waals surface area contributed by atoms with Gasteiger partial charge >= 0.3 is 18.0 Å². The molecule has 0 aliphatic heterocycles. The molecule has 102 valence electrons. The first kappa shape index (κ1) is 15.3. The maximum Gasteiger partial charge on any atom is 0.459 e. The lowest BCUT2D eigenvalue weighted by Crippen LogP contribution is -2.57. The molecule has 0 heterocycles. The molecule has 1 saturated carbocycles. The van der Waals surface area contributed by atoms with Gasteiger partial charge in [-0.25, -0.2) is 0 Å². The van der Waals surface area contributed by atoms with Crippen LogP contribution in [0.15, 0.2) is 0 Å². The molecule has 1 aliphatic rings. The molecule has 0 radical (unpaired) electrons. The van der Waals surface area contributed by atoms with Crippen molar-refractivity contribution >= 4 is 22.6 Å². The van der Waals surface area contributed by atoms with Crippen LogP contribution in [0.5, 0.6) is 0 Å². The smallest absolute Gasteiger partial charge is 0.199 e. The zero-order chi connectivity index (χ0) is 13.5. The summed E-state index contributed by atoms with van der Waals surface area (Å²) in [6.07, 6.45) is -5.43. The van der Waals surface area contributed by atoms with E-state index in [4.69, 9.17) is 0 Å². The summed E-state index contributed by atoms with van der Waals surface area (Å²) < 4.78 is 87.4. The van der Waals surface area contributed by atoms with Gasteiger partial charge in [0, 0.05) is 9.84 Å². The van der Waals surface area contributed by atoms with Crippen LogP contribution < -0.4 is 0 Å². The van der Waals surface area contributed by atoms with Gasteiger partial charge in [0.05, 0.1) is 0 Å². The standard InChI is InChI=1S/C9H10F7I/c10-7(11,8(12,13)9(14,15)16)5-3-1-2-4-6(5)17/h5-6H,1-4H2/t5-,6+/m0/s1. The molecule has 8 heteroatoms. The Morgan fingerprint density at radius 2 is 1.29 bits per heavy atom. The summed E-state index contributed by atoms with van der Waals surface area (Å²) in [7, 11) is 0. The minimum Gasteiger partial charge on any atom is -0.199 e. The Labute approximate surface area is 107 Å². The molecule has 0 bridgehead atoms. The Hall–Kier alpha value is 0.240. The van der Waals surface area contributed by atoms with Crippen molar-refractivity contribution in [1.82, 2.24) is 0 Å². The van der Waals surface area contributed by atoms with Crippen LogP contribution in [0.1, 0.15) is 25.7 Å². The fourth-order valence-corrected chi connectivity index (χ4v) is 3.17. The van der Waals surface area contributed by atoms with Crippen molar-refractivity contribution in [2.45, 2.75) is 47.6 Å². The molecule has 2 atom stereocenters. The lowest BCUT2D eigenvalue weighted by molar-refractivity contribution is -0.366. The monoisotopic (exact) mass is 378 g/mol. The Morgan fingerprint density at radius 1 is 0.824 bits per heavy atom. The van der Waals surface area contributed by atoms with E-state index < -0.39 is 27.9 Å². The maximum absolute atomic E-state index is 13.4. The number of alkyl halides is 8. The molecule has 17 heavy (non-hydrogen) atoms. The highest BCUT2D eigenvalue weighted by Gasteiger charge is 2.75. The van der Waals surface area contributed by atoms with Crippen molar-refractivity contribution in [3.05, 3.63) is 0 Å². The molecule has 1 fully saturated rings. The van der Waals surface area contributed by atoms with Gasteiger partial charge in [-0.1, -0.05) is 35.4 Å². The van der Waals surface area contributed by atoms with E-state index in [1.54, 1.807) is 0 Å². The first-order valence-electron chi connectivity index (χ1n) is 4.98. The molecule has 0 unspecified atom stereocenters. The van der Waals surface area contributed by atoms with Crippen LogP contribution in [0.25, 0.3) is 0 Å². The summed E-state index contributed by atoms with van der Waals surface area (Å²) in [6.45, 7) is 0. The van der Waals surface area contributed by atoms with E-state index in [1.165, 1.54) is 22.6 Å². The van der Waals surface area contributed by atoms with Crippen LogP contribution in [-0.4, -0.2) is 21.9 Å². The number of hydrogen-bond donors (Lipinski definition) is 0. The van der Waals surface area contributed by atoms with Crippen LogP contribution >= 0.6 is 22.6 Å². The normalized spacial score (nSPS) is 28.2. The van der Waals surface area contributed by atoms with Gasteiger partial charge < -0.3 is 0 Å². The highest BCUT2D eigenvalue weighted by Crippen LogP contribution is 2.53. The Bertz CT molecular complexity index is 273. The van der Waals surface area contributed by atoms with E-state index in [0.29, 0.717) is 6.42 Å². The van der Waals surface area contributed by atoms with Gasteiger partial charge in [0.15, 0.2) is 0 Å². The van der Waals surface area contributed by atoms with Crippen molar-refractivity contribution in [2.75, 3.05) is 0 Å². The van der Waals surface area contributed by atoms with Gasteiger partial charge in [0.1, 0.15) is 0 Å². The fraction of sp³-hybridized carbons (Fsp3) is 1.00. The highest BCUT2D eigenvalue weighted by molar-refractivity contribution is 14.1. The third kappa shape index (κ3) is 2.65. The molecule has 0 saturated heterocycles. The predicted octanol–water partition coefficient (Wildman–Crippen LogP) is 4.81. The van der Waals surface area contributed by atoms with Crippen LogP contribution in [0.2, 0.25) is 0 Å². The molecule has 1 aliphatic carbocycles. The SMILES string of the molecule is FC(F)(F)C(F)(F)C(F)(F)[C@H]1CCCC[C@H]1I. The van der Waals surface area contributed by atoms with E-state index in [0.717, 1.165) is 0 Å². The van der Waals surface area contributed by atoms with Crippen molar-refractivity contribution in [2.24, 2.45) is 5.92 Å². The van der Waals surface area contributed by atoms with Crippen LogP contribution in [-0.2, 0) is 0 Å². The van der Waals surface area contributed by atoms with Gasteiger partial charge in [-0.2, -0.15) is 30.7 Å². The van der Waals surface area contributed by atoms with Crippen LogP contribution in [0.4, 0.5) is 30.7 Å². The van der Waals surface area contributed by atoms with Crippen molar-refractivity contribution in [1.29, 1.82) is 0 Å². The van der Waals surface area contributed by atoms with E-state index in [1.807, 2.05) is 0 Å². The molecule has 0 aromatic heterocycles. The molecular weight excluding hydrogens is 368 g/mol. The summed E-state index contributed by atoms with van der Waals surface area (Å²) in [4.78, 5) is 0. The Balaban J connectivity index is 3.00. The van der Waals surface area contributed by atoms with Crippen LogP contribution in [0.3, 0.4) is 0 Å². The number of halogens is 8. The maximum atomic E-state index is 13.4. The summed E-state index contributed by atoms with van der Waals surface area (Å²) in [5.41, 5.74) is 0. The molecule has 0 nitrogen and oxygen atoms in total. The number of rotatable bonds is 2. The third-order valence-corrected chi connectivity index (χ3v) is 4.41. The van der Waals surface area contributed by atoms with Crippen LogP contribution in [0, 0.1) is 5.92 Å². The summed E-state index contributed by atoms with van der Waals surface area (Å²) in [6, 6.07) is 0. The lowest BCUT2D eigenvalue weighted by atomic mass is 9.82. The number of hydrogen-bond acceptors (Lipinski definition) is 0. The quantitative estimate of drug-likeness (QED) is 0.368. The summed E-state index contributed by atoms with van der Waals surface area (Å²) in [5.74, 6) is -12.9. The van der Waals surface area contributed by atoms with Gasteiger partial charge in [-0.05, 0) is 12.8 Å². The van der Waals surface area contributed by atoms with Gasteiger partial charge in [-0.15, -0.1) is 0 Å². The minimum atomic E-state index is -6.22. The predicted molar refractivity (Wildman–Crippen MR) is 55.7 cm³/mol. The fourth-order valence-electron chi connectivity index (χ4n) is 1.92. The van der Waals surface area contributed by atoms with Crippen molar-refractivity contribution < 1.29 is 30.7 Å². The molecule has 0 aromatic carbocycles. The zero-order valence-corrected chi connectivity index (χ0v) is 10.7. The first-order valence-corrected chi connectivity index (χ1v) is 6.23. The lowest BCUT2D eigenvalue weighted by Gasteiger charge is -2.38. The second-order valence-corrected chi connectivity index (χ2v) is 5.70. The molecular formula is C9H10F7I.